The van der Waals surface area contributed by atoms with Crippen molar-refractivity contribution in [2.24, 2.45) is 0 Å². The van der Waals surface area contributed by atoms with Gasteiger partial charge in [-0.05, 0) is 31.2 Å². The summed E-state index contributed by atoms with van der Waals surface area (Å²) in [7, 11) is 0. The van der Waals surface area contributed by atoms with Crippen molar-refractivity contribution in [1.82, 2.24) is 4.40 Å². The zero-order chi connectivity index (χ0) is 12.7. The largest absolute Gasteiger partial charge is 0.316 e. The van der Waals surface area contributed by atoms with Crippen molar-refractivity contribution in [2.45, 2.75) is 6.92 Å². The second-order valence-corrected chi connectivity index (χ2v) is 4.23. The molecular weight excluding hydrogens is 226 g/mol. The summed E-state index contributed by atoms with van der Waals surface area (Å²) in [5, 5.41) is 0.575. The fourth-order valence-electron chi connectivity index (χ4n) is 2.32. The van der Waals surface area contributed by atoms with Gasteiger partial charge >= 0.3 is 0 Å². The Labute approximate surface area is 103 Å². The third-order valence-corrected chi connectivity index (χ3v) is 3.10. The highest BCUT2D eigenvalue weighted by Gasteiger charge is 2.14. The quantitative estimate of drug-likeness (QED) is 0.482. The molecule has 0 aliphatic heterocycles. The number of carbonyl (C=O) groups excluding carboxylic acids is 1. The van der Waals surface area contributed by atoms with Gasteiger partial charge in [0.05, 0.1) is 16.6 Å². The van der Waals surface area contributed by atoms with Crippen molar-refractivity contribution in [2.75, 3.05) is 0 Å². The Hall–Kier alpha value is -2.42. The molecule has 3 heteroatoms. The second kappa shape index (κ2) is 3.81. The van der Waals surface area contributed by atoms with Gasteiger partial charge in [-0.3, -0.25) is 9.59 Å². The molecule has 2 heterocycles. The number of hydrogen-bond acceptors (Lipinski definition) is 2. The fraction of sp³-hybridized carbons (Fsp3) is 0.0667. The van der Waals surface area contributed by atoms with E-state index < -0.39 is 0 Å². The molecule has 2 aromatic heterocycles. The van der Waals surface area contributed by atoms with Crippen molar-refractivity contribution in [3.8, 4) is 0 Å². The average Bonchev–Trinajstić information content (AvgIpc) is 2.39. The number of pyridine rings is 2. The zero-order valence-electron chi connectivity index (χ0n) is 9.88. The molecular formula is C15H11NO2. The van der Waals surface area contributed by atoms with Crippen LogP contribution in [0.4, 0.5) is 0 Å². The van der Waals surface area contributed by atoms with Crippen LogP contribution in [0.1, 0.15) is 17.3 Å². The number of para-hydroxylation sites is 1. The number of Topliss-reactive ketones (excluding diaryl/α,β-unsaturated/α-hetero) is 1. The van der Waals surface area contributed by atoms with E-state index in [1.807, 2.05) is 40.9 Å². The minimum atomic E-state index is -0.200. The maximum absolute atomic E-state index is 12.3. The molecule has 0 radical (unpaired) electrons. The molecule has 3 nitrogen and oxygen atoms in total. The summed E-state index contributed by atoms with van der Waals surface area (Å²) in [5.41, 5.74) is 1.55. The van der Waals surface area contributed by atoms with Crippen LogP contribution in [0.2, 0.25) is 0 Å². The number of ketones is 1. The molecule has 0 aliphatic carbocycles. The molecule has 3 rings (SSSR count). The lowest BCUT2D eigenvalue weighted by molar-refractivity contribution is 0.101. The molecule has 88 valence electrons. The van der Waals surface area contributed by atoms with E-state index in [0.717, 1.165) is 5.52 Å². The van der Waals surface area contributed by atoms with Crippen LogP contribution in [-0.4, -0.2) is 10.2 Å². The first-order valence-corrected chi connectivity index (χ1v) is 5.73. The Morgan fingerprint density at radius 1 is 1.00 bits per heavy atom. The van der Waals surface area contributed by atoms with E-state index in [-0.39, 0.29) is 16.8 Å². The lowest BCUT2D eigenvalue weighted by Crippen LogP contribution is -2.16. The van der Waals surface area contributed by atoms with Crippen molar-refractivity contribution >= 4 is 22.2 Å². The molecule has 0 spiro atoms. The molecule has 0 fully saturated rings. The molecule has 0 amide bonds. The summed E-state index contributed by atoms with van der Waals surface area (Å²) in [5.74, 6) is -0.200. The predicted molar refractivity (Wildman–Crippen MR) is 71.2 cm³/mol. The Morgan fingerprint density at radius 3 is 2.44 bits per heavy atom. The van der Waals surface area contributed by atoms with Gasteiger partial charge in [-0.15, -0.1) is 0 Å². The fourth-order valence-corrected chi connectivity index (χ4v) is 2.32. The minimum absolute atomic E-state index is 0.190. The lowest BCUT2D eigenvalue weighted by atomic mass is 10.1. The zero-order valence-corrected chi connectivity index (χ0v) is 9.88. The first-order valence-electron chi connectivity index (χ1n) is 5.73. The van der Waals surface area contributed by atoms with Gasteiger partial charge in [-0.2, -0.15) is 0 Å². The van der Waals surface area contributed by atoms with E-state index in [9.17, 15) is 9.59 Å². The summed E-state index contributed by atoms with van der Waals surface area (Å²) >= 11 is 0. The van der Waals surface area contributed by atoms with Crippen LogP contribution in [0.3, 0.4) is 0 Å². The molecule has 1 aromatic carbocycles. The molecule has 0 aliphatic rings. The Kier molecular flexibility index (Phi) is 2.27. The molecule has 0 atom stereocenters. The summed E-state index contributed by atoms with van der Waals surface area (Å²) in [6, 6.07) is 12.8. The van der Waals surface area contributed by atoms with Gasteiger partial charge in [-0.1, -0.05) is 18.2 Å². The molecule has 0 bridgehead atoms. The monoisotopic (exact) mass is 237 g/mol. The summed E-state index contributed by atoms with van der Waals surface area (Å²) < 4.78 is 1.88. The van der Waals surface area contributed by atoms with E-state index in [0.29, 0.717) is 10.9 Å². The number of carbonyl (C=O) groups is 1. The third-order valence-electron chi connectivity index (χ3n) is 3.10. The smallest absolute Gasteiger partial charge is 0.200 e. The number of aromatic nitrogens is 1. The number of nitrogens with zero attached hydrogens (tertiary/aromatic N) is 1. The predicted octanol–water partition coefficient (Wildman–Crippen LogP) is 2.66. The van der Waals surface area contributed by atoms with Crippen LogP contribution < -0.4 is 5.43 Å². The van der Waals surface area contributed by atoms with E-state index in [2.05, 4.69) is 0 Å². The van der Waals surface area contributed by atoms with Crippen LogP contribution in [0.15, 0.2) is 53.5 Å². The standard InChI is InChI=1S/C15H11NO2/c1-10(17)14-13-8-4-5-9-16(13)12-7-3-2-6-11(12)15(14)18/h2-9H,1H3. The summed E-state index contributed by atoms with van der Waals surface area (Å²) in [4.78, 5) is 24.1. The van der Waals surface area contributed by atoms with Crippen molar-refractivity contribution in [3.63, 3.8) is 0 Å². The van der Waals surface area contributed by atoms with Gasteiger partial charge in [0, 0.05) is 11.6 Å². The lowest BCUT2D eigenvalue weighted by Gasteiger charge is -2.09. The summed E-state index contributed by atoms with van der Waals surface area (Å²) in [6.07, 6.45) is 1.86. The van der Waals surface area contributed by atoms with Crippen LogP contribution >= 0.6 is 0 Å². The van der Waals surface area contributed by atoms with E-state index in [1.54, 1.807) is 12.1 Å². The molecule has 0 N–H and O–H groups in total. The van der Waals surface area contributed by atoms with Gasteiger partial charge < -0.3 is 4.40 Å². The Balaban J connectivity index is 2.71. The number of hydrogen-bond donors (Lipinski definition) is 0. The van der Waals surface area contributed by atoms with Crippen LogP contribution in [0.5, 0.6) is 0 Å². The summed E-state index contributed by atoms with van der Waals surface area (Å²) in [6.45, 7) is 1.43. The van der Waals surface area contributed by atoms with Crippen LogP contribution in [0.25, 0.3) is 16.4 Å². The minimum Gasteiger partial charge on any atom is -0.316 e. The maximum atomic E-state index is 12.3. The van der Waals surface area contributed by atoms with Gasteiger partial charge in [0.15, 0.2) is 5.78 Å². The third kappa shape index (κ3) is 1.37. The Bertz CT molecular complexity index is 831. The van der Waals surface area contributed by atoms with E-state index in [4.69, 9.17) is 0 Å². The van der Waals surface area contributed by atoms with Gasteiger partial charge in [0.1, 0.15) is 0 Å². The van der Waals surface area contributed by atoms with Crippen LogP contribution in [-0.2, 0) is 0 Å². The number of benzene rings is 1. The first-order chi connectivity index (χ1) is 8.70. The highest BCUT2D eigenvalue weighted by atomic mass is 16.1. The highest BCUT2D eigenvalue weighted by Crippen LogP contribution is 2.16. The number of rotatable bonds is 1. The van der Waals surface area contributed by atoms with Crippen LogP contribution in [0, 0.1) is 0 Å². The molecule has 0 saturated heterocycles. The Morgan fingerprint density at radius 2 is 1.67 bits per heavy atom. The highest BCUT2D eigenvalue weighted by molar-refractivity contribution is 6.04. The molecule has 0 unspecified atom stereocenters. The molecule has 18 heavy (non-hydrogen) atoms. The molecule has 0 saturated carbocycles. The van der Waals surface area contributed by atoms with E-state index in [1.165, 1.54) is 6.92 Å². The SMILES string of the molecule is CC(=O)c1c(=O)c2ccccc2n2ccccc12. The van der Waals surface area contributed by atoms with Gasteiger partial charge in [-0.25, -0.2) is 0 Å². The van der Waals surface area contributed by atoms with Gasteiger partial charge in [0.25, 0.3) is 0 Å². The average molecular weight is 237 g/mol. The first kappa shape index (κ1) is 10.7. The van der Waals surface area contributed by atoms with E-state index >= 15 is 0 Å². The van der Waals surface area contributed by atoms with Crippen molar-refractivity contribution in [1.29, 1.82) is 0 Å². The normalized spacial score (nSPS) is 10.9. The maximum Gasteiger partial charge on any atom is 0.200 e. The second-order valence-electron chi connectivity index (χ2n) is 4.23. The van der Waals surface area contributed by atoms with Crippen molar-refractivity contribution in [3.05, 3.63) is 64.4 Å². The number of fused-ring (bicyclic) bond motifs is 3. The van der Waals surface area contributed by atoms with Crippen molar-refractivity contribution < 1.29 is 4.79 Å². The topological polar surface area (TPSA) is 38.5 Å². The van der Waals surface area contributed by atoms with Gasteiger partial charge in [0.2, 0.25) is 5.43 Å². The molecule has 3 aromatic rings.